The molecule has 1 aromatic rings. The molecule has 0 aromatic heterocycles. The van der Waals surface area contributed by atoms with Gasteiger partial charge < -0.3 is 14.5 Å². The molecule has 4 nitrogen and oxygen atoms in total. The lowest BCUT2D eigenvalue weighted by Crippen LogP contribution is -2.43. The van der Waals surface area contributed by atoms with Gasteiger partial charge in [0.15, 0.2) is 0 Å². The molecule has 0 unspecified atom stereocenters. The number of halogens is 3. The van der Waals surface area contributed by atoms with Crippen molar-refractivity contribution >= 4 is 11.6 Å². The van der Waals surface area contributed by atoms with Crippen LogP contribution in [0.25, 0.3) is 0 Å². The van der Waals surface area contributed by atoms with E-state index in [1.54, 1.807) is 12.1 Å². The van der Waals surface area contributed by atoms with Gasteiger partial charge in [0.25, 0.3) is 5.91 Å². The fraction of sp³-hybridized carbons (Fsp3) is 0.562. The maximum absolute atomic E-state index is 12.8. The Bertz CT molecular complexity index is 523. The van der Waals surface area contributed by atoms with Gasteiger partial charge in [-0.25, -0.2) is 0 Å². The molecular weight excluding hydrogens is 309 g/mol. The molecule has 1 fully saturated rings. The lowest BCUT2D eigenvalue weighted by molar-refractivity contribution is -0.168. The van der Waals surface area contributed by atoms with Crippen molar-refractivity contribution in [3.05, 3.63) is 29.8 Å². The molecule has 1 amide bonds. The molecule has 128 valence electrons. The first-order valence-corrected chi connectivity index (χ1v) is 7.49. The number of nitrogens with zero attached hydrogens (tertiary/aromatic N) is 2. The Morgan fingerprint density at radius 2 is 1.91 bits per heavy atom. The molecule has 0 N–H and O–H groups in total. The second-order valence-corrected chi connectivity index (χ2v) is 5.87. The molecule has 1 aromatic carbocycles. The van der Waals surface area contributed by atoms with Crippen LogP contribution >= 0.6 is 0 Å². The summed E-state index contributed by atoms with van der Waals surface area (Å²) in [5.74, 6) is -0.587. The largest absolute Gasteiger partial charge is 0.406 e. The number of hydrogen-bond donors (Lipinski definition) is 0. The molecule has 1 atom stereocenters. The van der Waals surface area contributed by atoms with E-state index in [0.29, 0.717) is 25.0 Å². The zero-order valence-corrected chi connectivity index (χ0v) is 13.3. The summed E-state index contributed by atoms with van der Waals surface area (Å²) in [7, 11) is 3.76. The molecule has 0 bridgehead atoms. The molecule has 0 saturated carbocycles. The minimum Gasteiger partial charge on any atom is -0.378 e. The molecular formula is C16H21F3N2O2. The summed E-state index contributed by atoms with van der Waals surface area (Å²) in [6, 6.07) is 7.11. The summed E-state index contributed by atoms with van der Waals surface area (Å²) in [5, 5.41) is 0. The van der Waals surface area contributed by atoms with Gasteiger partial charge in [0, 0.05) is 32.9 Å². The number of anilines is 1. The Hall–Kier alpha value is -1.76. The first-order chi connectivity index (χ1) is 10.8. The summed E-state index contributed by atoms with van der Waals surface area (Å²) >= 11 is 0. The zero-order chi connectivity index (χ0) is 17.0. The number of amides is 1. The van der Waals surface area contributed by atoms with Gasteiger partial charge in [-0.3, -0.25) is 4.79 Å². The summed E-state index contributed by atoms with van der Waals surface area (Å²) in [4.78, 5) is 15.0. The van der Waals surface area contributed by atoms with Crippen molar-refractivity contribution in [2.24, 2.45) is 0 Å². The third-order valence-corrected chi connectivity index (χ3v) is 3.71. The molecule has 0 radical (unpaired) electrons. The maximum Gasteiger partial charge on any atom is 0.406 e. The molecule has 1 aliphatic rings. The highest BCUT2D eigenvalue weighted by Crippen LogP contribution is 2.23. The average Bonchev–Trinajstić information content (AvgIpc) is 2.99. The summed E-state index contributed by atoms with van der Waals surface area (Å²) in [6.45, 7) is -0.916. The van der Waals surface area contributed by atoms with Crippen molar-refractivity contribution in [3.63, 3.8) is 0 Å². The van der Waals surface area contributed by atoms with E-state index < -0.39 is 24.7 Å². The van der Waals surface area contributed by atoms with Crippen molar-refractivity contribution in [2.75, 3.05) is 32.1 Å². The molecule has 23 heavy (non-hydrogen) atoms. The summed E-state index contributed by atoms with van der Waals surface area (Å²) in [5.41, 5.74) is 1.60. The number of alkyl halides is 3. The van der Waals surface area contributed by atoms with Crippen LogP contribution in [0, 0.1) is 0 Å². The van der Waals surface area contributed by atoms with Crippen LogP contribution in [0.5, 0.6) is 0 Å². The van der Waals surface area contributed by atoms with E-state index >= 15 is 0 Å². The first-order valence-electron chi connectivity index (χ1n) is 7.49. The number of carbonyl (C=O) groups is 1. The Kier molecular flexibility index (Phi) is 5.51. The van der Waals surface area contributed by atoms with Crippen molar-refractivity contribution in [1.29, 1.82) is 0 Å². The lowest BCUT2D eigenvalue weighted by atomic mass is 10.1. The van der Waals surface area contributed by atoms with Crippen LogP contribution in [-0.2, 0) is 16.1 Å². The van der Waals surface area contributed by atoms with Gasteiger partial charge in [-0.05, 0) is 30.5 Å². The number of ether oxygens (including phenoxy) is 1. The van der Waals surface area contributed by atoms with Crippen molar-refractivity contribution in [3.8, 4) is 0 Å². The predicted molar refractivity (Wildman–Crippen MR) is 81.2 cm³/mol. The minimum absolute atomic E-state index is 0.0775. The fourth-order valence-corrected chi connectivity index (χ4v) is 2.52. The molecule has 2 rings (SSSR count). The van der Waals surface area contributed by atoms with E-state index in [1.165, 1.54) is 0 Å². The highest BCUT2D eigenvalue weighted by Gasteiger charge is 2.36. The molecule has 1 saturated heterocycles. The molecule has 0 spiro atoms. The van der Waals surface area contributed by atoms with Gasteiger partial charge in [-0.1, -0.05) is 12.1 Å². The van der Waals surface area contributed by atoms with Crippen LogP contribution in [0.1, 0.15) is 18.4 Å². The van der Waals surface area contributed by atoms with Gasteiger partial charge in [0.05, 0.1) is 0 Å². The van der Waals surface area contributed by atoms with Crippen molar-refractivity contribution in [1.82, 2.24) is 4.90 Å². The van der Waals surface area contributed by atoms with Gasteiger partial charge >= 0.3 is 6.18 Å². The summed E-state index contributed by atoms with van der Waals surface area (Å²) in [6.07, 6.45) is -4.00. The standard InChI is InChI=1S/C16H21F3N2O2/c1-20(2)13-7-5-12(6-8-13)10-21(11-16(17,18)19)15(22)14-4-3-9-23-14/h5-8,14H,3-4,9-11H2,1-2H3/t14-/m1/s1. The molecule has 7 heteroatoms. The van der Waals surface area contributed by atoms with Gasteiger partial charge in [-0.2, -0.15) is 13.2 Å². The van der Waals surface area contributed by atoms with Gasteiger partial charge in [0.1, 0.15) is 12.6 Å². The number of hydrogen-bond acceptors (Lipinski definition) is 3. The zero-order valence-electron chi connectivity index (χ0n) is 13.3. The Labute approximate surface area is 133 Å². The predicted octanol–water partition coefficient (Wildman–Crippen LogP) is 2.82. The number of rotatable bonds is 5. The maximum atomic E-state index is 12.8. The quantitative estimate of drug-likeness (QED) is 0.832. The van der Waals surface area contributed by atoms with E-state index in [2.05, 4.69) is 0 Å². The molecule has 1 aliphatic heterocycles. The minimum atomic E-state index is -4.43. The molecule has 1 heterocycles. The van der Waals surface area contributed by atoms with E-state index in [1.807, 2.05) is 31.1 Å². The van der Waals surface area contributed by atoms with E-state index in [0.717, 1.165) is 10.6 Å². The van der Waals surface area contributed by atoms with Crippen LogP contribution in [0.3, 0.4) is 0 Å². The topological polar surface area (TPSA) is 32.8 Å². The van der Waals surface area contributed by atoms with Crippen LogP contribution in [0.4, 0.5) is 18.9 Å². The van der Waals surface area contributed by atoms with E-state index in [9.17, 15) is 18.0 Å². The fourth-order valence-electron chi connectivity index (χ4n) is 2.52. The van der Waals surface area contributed by atoms with Crippen molar-refractivity contribution < 1.29 is 22.7 Å². The van der Waals surface area contributed by atoms with Crippen LogP contribution < -0.4 is 4.90 Å². The lowest BCUT2D eigenvalue weighted by Gasteiger charge is -2.26. The van der Waals surface area contributed by atoms with Gasteiger partial charge in [0.2, 0.25) is 0 Å². The monoisotopic (exact) mass is 330 g/mol. The second kappa shape index (κ2) is 7.21. The average molecular weight is 330 g/mol. The smallest absolute Gasteiger partial charge is 0.378 e. The molecule has 0 aliphatic carbocycles. The highest BCUT2D eigenvalue weighted by atomic mass is 19.4. The second-order valence-electron chi connectivity index (χ2n) is 5.87. The number of benzene rings is 1. The normalized spacial score (nSPS) is 18.0. The third kappa shape index (κ3) is 5.13. The SMILES string of the molecule is CN(C)c1ccc(CN(CC(F)(F)F)C(=O)[C@H]2CCCO2)cc1. The van der Waals surface area contributed by atoms with Crippen molar-refractivity contribution in [2.45, 2.75) is 31.7 Å². The van der Waals surface area contributed by atoms with E-state index in [4.69, 9.17) is 4.74 Å². The van der Waals surface area contributed by atoms with Crippen LogP contribution in [0.15, 0.2) is 24.3 Å². The van der Waals surface area contributed by atoms with E-state index in [-0.39, 0.29) is 6.54 Å². The Morgan fingerprint density at radius 3 is 2.39 bits per heavy atom. The Balaban J connectivity index is 2.11. The highest BCUT2D eigenvalue weighted by molar-refractivity contribution is 5.81. The number of carbonyl (C=O) groups excluding carboxylic acids is 1. The summed E-state index contributed by atoms with van der Waals surface area (Å²) < 4.78 is 43.6. The van der Waals surface area contributed by atoms with Crippen LogP contribution in [0.2, 0.25) is 0 Å². The van der Waals surface area contributed by atoms with Gasteiger partial charge in [-0.15, -0.1) is 0 Å². The Morgan fingerprint density at radius 1 is 1.26 bits per heavy atom. The third-order valence-electron chi connectivity index (χ3n) is 3.71. The van der Waals surface area contributed by atoms with Crippen LogP contribution in [-0.4, -0.2) is 50.3 Å². The first kappa shape index (κ1) is 17.6.